The minimum Gasteiger partial charge on any atom is -0.228 e. The zero-order chi connectivity index (χ0) is 16.1. The van der Waals surface area contributed by atoms with Crippen LogP contribution in [0.15, 0.2) is 30.3 Å². The summed E-state index contributed by atoms with van der Waals surface area (Å²) >= 11 is 12.3. The van der Waals surface area contributed by atoms with Crippen LogP contribution in [0.1, 0.15) is 32.8 Å². The number of rotatable bonds is 7. The highest BCUT2D eigenvalue weighted by atomic mass is 35.5. The van der Waals surface area contributed by atoms with Gasteiger partial charge in [-0.15, -0.1) is 23.2 Å². The predicted octanol–water partition coefficient (Wildman–Crippen LogP) is 4.30. The van der Waals surface area contributed by atoms with E-state index >= 15 is 0 Å². The van der Waals surface area contributed by atoms with Gasteiger partial charge in [-0.1, -0.05) is 30.3 Å². The van der Waals surface area contributed by atoms with Crippen LogP contribution in [0.4, 0.5) is 0 Å². The molecule has 1 rings (SSSR count). The standard InChI is InChI=1S/C16H24Cl2O2S/c1-15(2,3)21(19,20)10-9-16(12-17,13-18)11-14-7-5-4-6-8-14/h4-8H,9-13H2,1-3H3. The third-order valence-corrected chi connectivity index (χ3v) is 7.56. The number of hydrogen-bond acceptors (Lipinski definition) is 2. The quantitative estimate of drug-likeness (QED) is 0.687. The molecule has 0 amide bonds. The molecule has 5 heteroatoms. The van der Waals surface area contributed by atoms with Crippen molar-refractivity contribution in [3.05, 3.63) is 35.9 Å². The maximum absolute atomic E-state index is 12.3. The lowest BCUT2D eigenvalue weighted by atomic mass is 9.83. The average molecular weight is 351 g/mol. The van der Waals surface area contributed by atoms with Crippen LogP contribution in [-0.2, 0) is 16.3 Å². The van der Waals surface area contributed by atoms with Gasteiger partial charge in [0.15, 0.2) is 9.84 Å². The smallest absolute Gasteiger partial charge is 0.155 e. The van der Waals surface area contributed by atoms with Crippen LogP contribution in [0, 0.1) is 5.41 Å². The van der Waals surface area contributed by atoms with Gasteiger partial charge in [0.25, 0.3) is 0 Å². The molecule has 0 aliphatic heterocycles. The van der Waals surface area contributed by atoms with E-state index in [0.29, 0.717) is 24.6 Å². The Morgan fingerprint density at radius 3 is 1.95 bits per heavy atom. The summed E-state index contributed by atoms with van der Waals surface area (Å²) in [5.41, 5.74) is 0.745. The maximum Gasteiger partial charge on any atom is 0.155 e. The Kier molecular flexibility index (Phi) is 6.57. The Hall–Kier alpha value is -0.250. The molecule has 0 atom stereocenters. The molecule has 0 bridgehead atoms. The summed E-state index contributed by atoms with van der Waals surface area (Å²) < 4.78 is 23.8. The second kappa shape index (κ2) is 7.34. The molecule has 1 aromatic carbocycles. The van der Waals surface area contributed by atoms with E-state index < -0.39 is 14.6 Å². The van der Waals surface area contributed by atoms with Crippen molar-refractivity contribution in [1.29, 1.82) is 0 Å². The molecule has 0 fully saturated rings. The van der Waals surface area contributed by atoms with Crippen molar-refractivity contribution >= 4 is 33.0 Å². The second-order valence-corrected chi connectivity index (χ2v) is 10.0. The minimum absolute atomic E-state index is 0.114. The van der Waals surface area contributed by atoms with E-state index in [0.717, 1.165) is 5.56 Å². The summed E-state index contributed by atoms with van der Waals surface area (Å²) in [6.07, 6.45) is 1.18. The highest BCUT2D eigenvalue weighted by molar-refractivity contribution is 7.92. The lowest BCUT2D eigenvalue weighted by molar-refractivity contribution is 0.361. The van der Waals surface area contributed by atoms with E-state index in [4.69, 9.17) is 23.2 Å². The van der Waals surface area contributed by atoms with Crippen molar-refractivity contribution in [3.63, 3.8) is 0 Å². The fourth-order valence-corrected chi connectivity index (χ4v) is 4.09. The lowest BCUT2D eigenvalue weighted by Gasteiger charge is -2.31. The predicted molar refractivity (Wildman–Crippen MR) is 92.2 cm³/mol. The minimum atomic E-state index is -3.16. The Bertz CT molecular complexity index is 529. The van der Waals surface area contributed by atoms with E-state index in [-0.39, 0.29) is 11.2 Å². The van der Waals surface area contributed by atoms with Gasteiger partial charge < -0.3 is 0 Å². The van der Waals surface area contributed by atoms with Crippen molar-refractivity contribution in [2.45, 2.75) is 38.4 Å². The number of hydrogen-bond donors (Lipinski definition) is 0. The first kappa shape index (κ1) is 18.8. The van der Waals surface area contributed by atoms with Gasteiger partial charge in [0.05, 0.1) is 10.5 Å². The average Bonchev–Trinajstić information content (AvgIpc) is 2.43. The van der Waals surface area contributed by atoms with E-state index in [1.165, 1.54) is 0 Å². The van der Waals surface area contributed by atoms with Crippen molar-refractivity contribution < 1.29 is 8.42 Å². The molecule has 120 valence electrons. The van der Waals surface area contributed by atoms with E-state index in [1.54, 1.807) is 20.8 Å². The molecule has 2 nitrogen and oxygen atoms in total. The molecule has 1 aromatic rings. The van der Waals surface area contributed by atoms with Gasteiger partial charge in [-0.2, -0.15) is 0 Å². The van der Waals surface area contributed by atoms with Crippen LogP contribution in [-0.4, -0.2) is 30.7 Å². The van der Waals surface area contributed by atoms with Crippen LogP contribution >= 0.6 is 23.2 Å². The Morgan fingerprint density at radius 1 is 1.00 bits per heavy atom. The van der Waals surface area contributed by atoms with Crippen molar-refractivity contribution in [1.82, 2.24) is 0 Å². The van der Waals surface area contributed by atoms with E-state index in [1.807, 2.05) is 30.3 Å². The summed E-state index contributed by atoms with van der Waals surface area (Å²) in [6.45, 7) is 5.17. The normalized spacial score (nSPS) is 13.4. The first-order valence-electron chi connectivity index (χ1n) is 7.04. The highest BCUT2D eigenvalue weighted by Crippen LogP contribution is 2.32. The van der Waals surface area contributed by atoms with Gasteiger partial charge in [0.2, 0.25) is 0 Å². The van der Waals surface area contributed by atoms with Crippen LogP contribution in [0.25, 0.3) is 0 Å². The third-order valence-electron chi connectivity index (χ3n) is 3.82. The number of sulfone groups is 1. The molecular formula is C16H24Cl2O2S. The van der Waals surface area contributed by atoms with Gasteiger partial charge in [-0.25, -0.2) is 8.42 Å². The van der Waals surface area contributed by atoms with Crippen molar-refractivity contribution in [2.24, 2.45) is 5.41 Å². The van der Waals surface area contributed by atoms with Crippen LogP contribution < -0.4 is 0 Å². The monoisotopic (exact) mass is 350 g/mol. The Labute approximate surface area is 138 Å². The molecule has 0 N–H and O–H groups in total. The van der Waals surface area contributed by atoms with Crippen LogP contribution in [0.3, 0.4) is 0 Å². The molecule has 0 saturated carbocycles. The molecule has 0 aliphatic carbocycles. The molecular weight excluding hydrogens is 327 g/mol. The molecule has 0 aromatic heterocycles. The molecule has 0 radical (unpaired) electrons. The second-order valence-electron chi connectivity index (χ2n) is 6.61. The van der Waals surface area contributed by atoms with Gasteiger partial charge in [0, 0.05) is 17.2 Å². The van der Waals surface area contributed by atoms with Crippen molar-refractivity contribution in [2.75, 3.05) is 17.5 Å². The molecule has 21 heavy (non-hydrogen) atoms. The topological polar surface area (TPSA) is 34.1 Å². The van der Waals surface area contributed by atoms with Gasteiger partial charge in [-0.3, -0.25) is 0 Å². The van der Waals surface area contributed by atoms with Gasteiger partial charge in [0.1, 0.15) is 0 Å². The number of halogens is 2. The zero-order valence-corrected chi connectivity index (χ0v) is 15.2. The van der Waals surface area contributed by atoms with E-state index in [2.05, 4.69) is 0 Å². The third kappa shape index (κ3) is 5.15. The van der Waals surface area contributed by atoms with E-state index in [9.17, 15) is 8.42 Å². The highest BCUT2D eigenvalue weighted by Gasteiger charge is 2.35. The first-order chi connectivity index (χ1) is 9.66. The SMILES string of the molecule is CC(C)(C)S(=O)(=O)CCC(CCl)(CCl)Cc1ccccc1. The lowest BCUT2D eigenvalue weighted by Crippen LogP contribution is -2.36. The summed E-state index contributed by atoms with van der Waals surface area (Å²) in [6, 6.07) is 9.93. The Balaban J connectivity index is 2.87. The Morgan fingerprint density at radius 2 is 1.52 bits per heavy atom. The fraction of sp³-hybridized carbons (Fsp3) is 0.625. The van der Waals surface area contributed by atoms with Gasteiger partial charge in [-0.05, 0) is 39.2 Å². The fourth-order valence-electron chi connectivity index (χ4n) is 2.04. The van der Waals surface area contributed by atoms with Crippen molar-refractivity contribution in [3.8, 4) is 0 Å². The molecule has 0 saturated heterocycles. The summed E-state index contributed by atoms with van der Waals surface area (Å²) in [5, 5.41) is 0. The van der Waals surface area contributed by atoms with Crippen LogP contribution in [0.5, 0.6) is 0 Å². The largest absolute Gasteiger partial charge is 0.228 e. The first-order valence-corrected chi connectivity index (χ1v) is 9.76. The zero-order valence-electron chi connectivity index (χ0n) is 12.9. The summed E-state index contributed by atoms with van der Waals surface area (Å²) in [5.74, 6) is 0.818. The molecule has 0 aliphatic rings. The molecule has 0 heterocycles. The van der Waals surface area contributed by atoms with Gasteiger partial charge >= 0.3 is 0 Å². The van der Waals surface area contributed by atoms with Crippen LogP contribution in [0.2, 0.25) is 0 Å². The molecule has 0 spiro atoms. The molecule has 0 unspecified atom stereocenters. The number of alkyl halides is 2. The number of benzene rings is 1. The maximum atomic E-state index is 12.3. The summed E-state index contributed by atoms with van der Waals surface area (Å²) in [4.78, 5) is 0. The summed E-state index contributed by atoms with van der Waals surface area (Å²) in [7, 11) is -3.16.